The Balaban J connectivity index is 1.78. The second-order valence-corrected chi connectivity index (χ2v) is 5.54. The quantitative estimate of drug-likeness (QED) is 0.705. The molecule has 0 aliphatic rings. The summed E-state index contributed by atoms with van der Waals surface area (Å²) in [6.45, 7) is 0.691. The monoisotopic (exact) mass is 358 g/mol. The first-order valence-electron chi connectivity index (χ1n) is 6.40. The van der Waals surface area contributed by atoms with Crippen LogP contribution in [0.5, 0.6) is 17.2 Å². The van der Waals surface area contributed by atoms with Gasteiger partial charge in [-0.2, -0.15) is 0 Å². The third-order valence-electron chi connectivity index (χ3n) is 2.63. The summed E-state index contributed by atoms with van der Waals surface area (Å²) in [4.78, 5) is 0. The lowest BCUT2D eigenvalue weighted by Gasteiger charge is -2.08. The van der Waals surface area contributed by atoms with Crippen molar-refractivity contribution < 1.29 is 14.6 Å². The number of ether oxygens (including phenoxy) is 2. The maximum atomic E-state index is 9.32. The van der Waals surface area contributed by atoms with E-state index in [0.29, 0.717) is 17.4 Å². The number of benzene rings is 2. The first kappa shape index (κ1) is 16.8. The van der Waals surface area contributed by atoms with Crippen LogP contribution < -0.4 is 9.47 Å². The number of hydrogen-bond acceptors (Lipinski definition) is 3. The zero-order valence-corrected chi connectivity index (χ0v) is 13.7. The van der Waals surface area contributed by atoms with Crippen molar-refractivity contribution in [3.05, 3.63) is 63.6 Å². The third-order valence-corrected chi connectivity index (χ3v) is 3.45. The fourth-order valence-electron chi connectivity index (χ4n) is 1.63. The highest BCUT2D eigenvalue weighted by atomic mass is 35.5. The molecule has 0 saturated heterocycles. The van der Waals surface area contributed by atoms with E-state index in [1.165, 1.54) is 12.1 Å². The van der Waals surface area contributed by atoms with Gasteiger partial charge in [-0.1, -0.05) is 34.8 Å². The fraction of sp³-hybridized carbons (Fsp3) is 0.125. The smallest absolute Gasteiger partial charge is 0.157 e. The van der Waals surface area contributed by atoms with Crippen molar-refractivity contribution >= 4 is 34.8 Å². The molecule has 0 aromatic heterocycles. The van der Waals surface area contributed by atoms with Crippen LogP contribution in [0.3, 0.4) is 0 Å². The summed E-state index contributed by atoms with van der Waals surface area (Å²) in [6.07, 6.45) is 3.60. The fourth-order valence-corrected chi connectivity index (χ4v) is 2.34. The van der Waals surface area contributed by atoms with Crippen LogP contribution in [-0.4, -0.2) is 18.3 Å². The van der Waals surface area contributed by atoms with E-state index >= 15 is 0 Å². The molecule has 1 N–H and O–H groups in total. The van der Waals surface area contributed by atoms with Crippen LogP contribution in [0, 0.1) is 0 Å². The van der Waals surface area contributed by atoms with Gasteiger partial charge in [-0.05, 0) is 36.4 Å². The molecule has 6 heteroatoms. The van der Waals surface area contributed by atoms with E-state index in [1.807, 2.05) is 6.08 Å². The molecule has 0 atom stereocenters. The Hall–Kier alpha value is -1.55. The molecule has 116 valence electrons. The van der Waals surface area contributed by atoms with Gasteiger partial charge in [-0.15, -0.1) is 0 Å². The zero-order valence-electron chi connectivity index (χ0n) is 11.4. The van der Waals surface area contributed by atoms with E-state index in [2.05, 4.69) is 0 Å². The third kappa shape index (κ3) is 5.02. The SMILES string of the molecule is Oc1cc(Cl)c(OC/C=C/COc2ccc(Cl)cc2)c(Cl)c1. The van der Waals surface area contributed by atoms with Gasteiger partial charge in [-0.25, -0.2) is 0 Å². The molecule has 0 bridgehead atoms. The molecule has 0 aliphatic carbocycles. The van der Waals surface area contributed by atoms with E-state index in [9.17, 15) is 5.11 Å². The molecule has 0 fully saturated rings. The molecular weight excluding hydrogens is 347 g/mol. The first-order valence-corrected chi connectivity index (χ1v) is 7.54. The maximum absolute atomic E-state index is 9.32. The summed E-state index contributed by atoms with van der Waals surface area (Å²) in [7, 11) is 0. The topological polar surface area (TPSA) is 38.7 Å². The minimum absolute atomic E-state index is 0.00532. The van der Waals surface area contributed by atoms with Crippen molar-refractivity contribution in [2.75, 3.05) is 13.2 Å². The summed E-state index contributed by atoms with van der Waals surface area (Å²) in [6, 6.07) is 9.86. The van der Waals surface area contributed by atoms with Gasteiger partial charge in [0.1, 0.15) is 24.7 Å². The van der Waals surface area contributed by atoms with E-state index in [1.54, 1.807) is 30.3 Å². The van der Waals surface area contributed by atoms with E-state index in [0.717, 1.165) is 5.75 Å². The van der Waals surface area contributed by atoms with E-state index in [4.69, 9.17) is 44.3 Å². The highest BCUT2D eigenvalue weighted by molar-refractivity contribution is 6.37. The number of phenolic OH excluding ortho intramolecular Hbond substituents is 1. The normalized spacial score (nSPS) is 10.9. The Labute approximate surface area is 143 Å². The standard InChI is InChI=1S/C16H13Cl3O3/c17-11-3-5-13(6-4-11)21-7-1-2-8-22-16-14(18)9-12(20)10-15(16)19/h1-6,9-10,20H,7-8H2/b2-1+. The van der Waals surface area contributed by atoms with Gasteiger partial charge in [-0.3, -0.25) is 0 Å². The molecule has 0 unspecified atom stereocenters. The van der Waals surface area contributed by atoms with Gasteiger partial charge >= 0.3 is 0 Å². The summed E-state index contributed by atoms with van der Waals surface area (Å²) in [5.74, 6) is 1.07. The van der Waals surface area contributed by atoms with Gasteiger partial charge in [0.15, 0.2) is 5.75 Å². The van der Waals surface area contributed by atoms with E-state index < -0.39 is 0 Å². The molecule has 0 aliphatic heterocycles. The molecule has 0 saturated carbocycles. The van der Waals surface area contributed by atoms with E-state index in [-0.39, 0.29) is 22.4 Å². The Bertz CT molecular complexity index is 631. The van der Waals surface area contributed by atoms with Crippen molar-refractivity contribution in [1.29, 1.82) is 0 Å². The number of phenols is 1. The minimum Gasteiger partial charge on any atom is -0.508 e. The van der Waals surface area contributed by atoms with Crippen molar-refractivity contribution in [3.63, 3.8) is 0 Å². The van der Waals surface area contributed by atoms with Crippen LogP contribution >= 0.6 is 34.8 Å². The molecule has 3 nitrogen and oxygen atoms in total. The highest BCUT2D eigenvalue weighted by Gasteiger charge is 2.08. The predicted octanol–water partition coefficient (Wildman–Crippen LogP) is 5.37. The van der Waals surface area contributed by atoms with Gasteiger partial charge < -0.3 is 14.6 Å². The Morgan fingerprint density at radius 2 is 1.41 bits per heavy atom. The number of halogens is 3. The largest absolute Gasteiger partial charge is 0.508 e. The Morgan fingerprint density at radius 3 is 2.00 bits per heavy atom. The number of aromatic hydroxyl groups is 1. The summed E-state index contributed by atoms with van der Waals surface area (Å²) >= 11 is 17.7. The van der Waals surface area contributed by atoms with Crippen LogP contribution in [0.25, 0.3) is 0 Å². The molecule has 2 aromatic carbocycles. The summed E-state index contributed by atoms with van der Waals surface area (Å²) in [5, 5.41) is 10.5. The minimum atomic E-state index is -0.00532. The average Bonchev–Trinajstić information content (AvgIpc) is 2.46. The molecule has 0 amide bonds. The lowest BCUT2D eigenvalue weighted by Crippen LogP contribution is -1.97. The lowest BCUT2D eigenvalue weighted by molar-refractivity contribution is 0.350. The van der Waals surface area contributed by atoms with Crippen LogP contribution in [0.1, 0.15) is 0 Å². The second kappa shape index (κ2) is 8.18. The van der Waals surface area contributed by atoms with Gasteiger partial charge in [0.05, 0.1) is 10.0 Å². The number of hydrogen-bond donors (Lipinski definition) is 1. The molecule has 0 heterocycles. The molecular formula is C16H13Cl3O3. The van der Waals surface area contributed by atoms with Gasteiger partial charge in [0, 0.05) is 17.2 Å². The van der Waals surface area contributed by atoms with Crippen LogP contribution in [0.2, 0.25) is 15.1 Å². The molecule has 0 radical (unpaired) electrons. The second-order valence-electron chi connectivity index (χ2n) is 4.29. The Kier molecular flexibility index (Phi) is 6.25. The summed E-state index contributed by atoms with van der Waals surface area (Å²) < 4.78 is 10.9. The number of rotatable bonds is 6. The highest BCUT2D eigenvalue weighted by Crippen LogP contribution is 2.36. The molecule has 2 aromatic rings. The van der Waals surface area contributed by atoms with Crippen LogP contribution in [-0.2, 0) is 0 Å². The van der Waals surface area contributed by atoms with Crippen molar-refractivity contribution in [3.8, 4) is 17.2 Å². The first-order chi connectivity index (χ1) is 10.6. The van der Waals surface area contributed by atoms with Crippen molar-refractivity contribution in [2.45, 2.75) is 0 Å². The van der Waals surface area contributed by atoms with Crippen molar-refractivity contribution in [2.24, 2.45) is 0 Å². The Morgan fingerprint density at radius 1 is 0.864 bits per heavy atom. The van der Waals surface area contributed by atoms with Crippen molar-refractivity contribution in [1.82, 2.24) is 0 Å². The summed E-state index contributed by atoms with van der Waals surface area (Å²) in [5.41, 5.74) is 0. The van der Waals surface area contributed by atoms with Crippen LogP contribution in [0.4, 0.5) is 0 Å². The van der Waals surface area contributed by atoms with Crippen LogP contribution in [0.15, 0.2) is 48.6 Å². The average molecular weight is 360 g/mol. The molecule has 0 spiro atoms. The molecule has 22 heavy (non-hydrogen) atoms. The van der Waals surface area contributed by atoms with Gasteiger partial charge in [0.2, 0.25) is 0 Å². The zero-order chi connectivity index (χ0) is 15.9. The molecule has 2 rings (SSSR count). The maximum Gasteiger partial charge on any atom is 0.157 e. The predicted molar refractivity (Wildman–Crippen MR) is 89.7 cm³/mol. The van der Waals surface area contributed by atoms with Gasteiger partial charge in [0.25, 0.3) is 0 Å². The lowest BCUT2D eigenvalue weighted by atomic mass is 10.3.